The molecule has 0 fully saturated rings. The van der Waals surface area contributed by atoms with Crippen molar-refractivity contribution >= 4 is 23.9 Å². The van der Waals surface area contributed by atoms with Crippen molar-refractivity contribution in [1.29, 1.82) is 0 Å². The second-order valence-electron chi connectivity index (χ2n) is 4.10. The Morgan fingerprint density at radius 2 is 1.64 bits per heavy atom. The molecule has 0 aliphatic rings. The van der Waals surface area contributed by atoms with E-state index < -0.39 is 47.4 Å². The van der Waals surface area contributed by atoms with Crippen LogP contribution < -0.4 is 0 Å². The number of carbonyl (C=O) groups excluding carboxylic acids is 2. The van der Waals surface area contributed by atoms with Crippen LogP contribution in [-0.4, -0.2) is 40.9 Å². The van der Waals surface area contributed by atoms with Crippen molar-refractivity contribution in [2.45, 2.75) is 6.92 Å². The Hall–Kier alpha value is -3.16. The predicted octanol–water partition coefficient (Wildman–Crippen LogP) is 1.32. The molecular weight excluding hydrogens is 296 g/mol. The van der Waals surface area contributed by atoms with Crippen molar-refractivity contribution in [2.75, 3.05) is 6.79 Å². The van der Waals surface area contributed by atoms with E-state index in [0.717, 1.165) is 12.1 Å². The molecule has 0 unspecified atom stereocenters. The number of carboxylic acid groups (broad SMARTS) is 2. The number of carboxylic acids is 2. The standard InChI is InChI=1S/C14H12O8/c1-7(2)13(19)21-6-22-14(20)9-5-3-4-8(11(15)16)10(9)12(17)18/h3-5H,1,6H2,2H3,(H,15,16)(H,17,18). The average molecular weight is 308 g/mol. The number of carbonyl (C=O) groups is 4. The second-order valence-corrected chi connectivity index (χ2v) is 4.10. The lowest BCUT2D eigenvalue weighted by molar-refractivity contribution is -0.147. The number of aromatic carboxylic acids is 2. The maximum atomic E-state index is 11.8. The molecule has 1 aromatic rings. The molecule has 0 heterocycles. The lowest BCUT2D eigenvalue weighted by atomic mass is 10.0. The van der Waals surface area contributed by atoms with E-state index in [9.17, 15) is 19.2 Å². The molecular formula is C14H12O8. The first-order chi connectivity index (χ1) is 10.3. The number of hydrogen-bond donors (Lipinski definition) is 2. The van der Waals surface area contributed by atoms with E-state index in [4.69, 9.17) is 10.2 Å². The lowest BCUT2D eigenvalue weighted by Crippen LogP contribution is -2.18. The Morgan fingerprint density at radius 3 is 2.14 bits per heavy atom. The molecule has 0 saturated carbocycles. The van der Waals surface area contributed by atoms with Gasteiger partial charge in [0.1, 0.15) is 0 Å². The number of benzene rings is 1. The van der Waals surface area contributed by atoms with Gasteiger partial charge in [0.05, 0.1) is 16.7 Å². The molecule has 0 aliphatic heterocycles. The van der Waals surface area contributed by atoms with Crippen molar-refractivity contribution in [3.05, 3.63) is 47.0 Å². The lowest BCUT2D eigenvalue weighted by Gasteiger charge is -2.09. The van der Waals surface area contributed by atoms with Crippen LogP contribution in [0.4, 0.5) is 0 Å². The molecule has 1 rings (SSSR count). The van der Waals surface area contributed by atoms with Crippen molar-refractivity contribution in [1.82, 2.24) is 0 Å². The molecule has 0 bridgehead atoms. The monoisotopic (exact) mass is 308 g/mol. The summed E-state index contributed by atoms with van der Waals surface area (Å²) in [6.45, 7) is 3.96. The van der Waals surface area contributed by atoms with E-state index in [2.05, 4.69) is 16.1 Å². The fourth-order valence-corrected chi connectivity index (χ4v) is 1.47. The molecule has 0 amide bonds. The van der Waals surface area contributed by atoms with E-state index in [-0.39, 0.29) is 5.57 Å². The molecule has 116 valence electrons. The van der Waals surface area contributed by atoms with Gasteiger partial charge in [-0.1, -0.05) is 12.6 Å². The van der Waals surface area contributed by atoms with Gasteiger partial charge >= 0.3 is 23.9 Å². The van der Waals surface area contributed by atoms with Crippen LogP contribution in [0, 0.1) is 0 Å². The summed E-state index contributed by atoms with van der Waals surface area (Å²) < 4.78 is 9.12. The Bertz CT molecular complexity index is 659. The van der Waals surface area contributed by atoms with Gasteiger partial charge < -0.3 is 19.7 Å². The minimum atomic E-state index is -1.59. The Kier molecular flexibility index (Phi) is 5.39. The summed E-state index contributed by atoms with van der Waals surface area (Å²) in [5.74, 6) is -5.01. The van der Waals surface area contributed by atoms with Crippen LogP contribution in [0.2, 0.25) is 0 Å². The molecule has 0 saturated heterocycles. The van der Waals surface area contributed by atoms with Gasteiger partial charge in [-0.05, 0) is 19.1 Å². The first-order valence-electron chi connectivity index (χ1n) is 5.85. The molecule has 0 spiro atoms. The Labute approximate surface area is 124 Å². The highest BCUT2D eigenvalue weighted by Crippen LogP contribution is 2.16. The predicted molar refractivity (Wildman–Crippen MR) is 71.5 cm³/mol. The Morgan fingerprint density at radius 1 is 1.05 bits per heavy atom. The smallest absolute Gasteiger partial charge is 0.341 e. The third kappa shape index (κ3) is 3.92. The van der Waals surface area contributed by atoms with Crippen LogP contribution in [0.1, 0.15) is 38.0 Å². The Balaban J connectivity index is 2.96. The highest BCUT2D eigenvalue weighted by atomic mass is 16.7. The highest BCUT2D eigenvalue weighted by Gasteiger charge is 2.24. The summed E-state index contributed by atoms with van der Waals surface area (Å²) in [6, 6.07) is 3.34. The largest absolute Gasteiger partial charge is 0.478 e. The van der Waals surface area contributed by atoms with Gasteiger partial charge in [-0.2, -0.15) is 0 Å². The van der Waals surface area contributed by atoms with E-state index in [1.54, 1.807) is 0 Å². The van der Waals surface area contributed by atoms with Gasteiger partial charge in [-0.3, -0.25) is 0 Å². The first kappa shape index (κ1) is 16.9. The summed E-state index contributed by atoms with van der Waals surface area (Å²) in [4.78, 5) is 45.0. The molecule has 8 nitrogen and oxygen atoms in total. The zero-order chi connectivity index (χ0) is 16.9. The molecule has 8 heteroatoms. The van der Waals surface area contributed by atoms with Crippen molar-refractivity contribution in [2.24, 2.45) is 0 Å². The quantitative estimate of drug-likeness (QED) is 0.457. The van der Waals surface area contributed by atoms with Crippen molar-refractivity contribution < 1.29 is 38.9 Å². The van der Waals surface area contributed by atoms with Gasteiger partial charge in [-0.25, -0.2) is 19.2 Å². The average Bonchev–Trinajstić information content (AvgIpc) is 2.45. The summed E-state index contributed by atoms with van der Waals surface area (Å²) in [7, 11) is 0. The number of esters is 2. The molecule has 0 radical (unpaired) electrons. The van der Waals surface area contributed by atoms with E-state index >= 15 is 0 Å². The fourth-order valence-electron chi connectivity index (χ4n) is 1.47. The summed E-state index contributed by atoms with van der Waals surface area (Å²) in [5, 5.41) is 18.0. The van der Waals surface area contributed by atoms with Gasteiger partial charge in [0.2, 0.25) is 6.79 Å². The van der Waals surface area contributed by atoms with Crippen LogP contribution in [-0.2, 0) is 14.3 Å². The van der Waals surface area contributed by atoms with E-state index in [1.165, 1.54) is 13.0 Å². The van der Waals surface area contributed by atoms with Crippen LogP contribution in [0.5, 0.6) is 0 Å². The van der Waals surface area contributed by atoms with Crippen LogP contribution >= 0.6 is 0 Å². The minimum absolute atomic E-state index is 0.0927. The molecule has 0 atom stereocenters. The molecule has 2 N–H and O–H groups in total. The normalized spacial score (nSPS) is 9.68. The van der Waals surface area contributed by atoms with Gasteiger partial charge in [0, 0.05) is 5.57 Å². The fraction of sp³-hybridized carbons (Fsp3) is 0.143. The van der Waals surface area contributed by atoms with Gasteiger partial charge in [-0.15, -0.1) is 0 Å². The zero-order valence-corrected chi connectivity index (χ0v) is 11.5. The van der Waals surface area contributed by atoms with E-state index in [0.29, 0.717) is 0 Å². The highest BCUT2D eigenvalue weighted by molar-refractivity contribution is 6.09. The second kappa shape index (κ2) is 7.02. The number of ether oxygens (including phenoxy) is 2. The van der Waals surface area contributed by atoms with Crippen LogP contribution in [0.3, 0.4) is 0 Å². The van der Waals surface area contributed by atoms with Crippen LogP contribution in [0.15, 0.2) is 30.4 Å². The zero-order valence-electron chi connectivity index (χ0n) is 11.5. The maximum Gasteiger partial charge on any atom is 0.341 e. The van der Waals surface area contributed by atoms with Gasteiger partial charge in [0.15, 0.2) is 0 Å². The topological polar surface area (TPSA) is 127 Å². The third-order valence-corrected chi connectivity index (χ3v) is 2.46. The van der Waals surface area contributed by atoms with Crippen molar-refractivity contribution in [3.8, 4) is 0 Å². The summed E-state index contributed by atoms with van der Waals surface area (Å²) in [5.41, 5.74) is -1.62. The third-order valence-electron chi connectivity index (χ3n) is 2.46. The van der Waals surface area contributed by atoms with Crippen LogP contribution in [0.25, 0.3) is 0 Å². The number of hydrogen-bond acceptors (Lipinski definition) is 6. The molecule has 22 heavy (non-hydrogen) atoms. The maximum absolute atomic E-state index is 11.8. The van der Waals surface area contributed by atoms with Crippen molar-refractivity contribution in [3.63, 3.8) is 0 Å². The summed E-state index contributed by atoms with van der Waals surface area (Å²) >= 11 is 0. The van der Waals surface area contributed by atoms with E-state index in [1.807, 2.05) is 0 Å². The minimum Gasteiger partial charge on any atom is -0.478 e. The SMILES string of the molecule is C=C(C)C(=O)OCOC(=O)c1cccc(C(=O)O)c1C(=O)O. The molecule has 0 aromatic heterocycles. The summed E-state index contributed by atoms with van der Waals surface area (Å²) in [6.07, 6.45) is 0. The molecule has 0 aliphatic carbocycles. The first-order valence-corrected chi connectivity index (χ1v) is 5.85. The van der Waals surface area contributed by atoms with Gasteiger partial charge in [0.25, 0.3) is 0 Å². The number of rotatable bonds is 6. The molecule has 1 aromatic carbocycles.